The third kappa shape index (κ3) is 5.76. The first-order valence-corrected chi connectivity index (χ1v) is 14.0. The van der Waals surface area contributed by atoms with Gasteiger partial charge in [0.05, 0.1) is 0 Å². The molecule has 1 saturated heterocycles. The van der Waals surface area contributed by atoms with Crippen molar-refractivity contribution in [3.05, 3.63) is 54.2 Å². The fourth-order valence-corrected chi connectivity index (χ4v) is 6.98. The Morgan fingerprint density at radius 1 is 1.11 bits per heavy atom. The Labute approximate surface area is 211 Å². The zero-order valence-electron chi connectivity index (χ0n) is 20.6. The Bertz CT molecular complexity index is 1280. The van der Waals surface area contributed by atoms with E-state index in [9.17, 15) is 13.2 Å². The molecular formula is C25H32N4O4S2. The molecule has 0 unspecified atom stereocenters. The number of carbonyl (C=O) groups is 1. The fourth-order valence-electron chi connectivity index (χ4n) is 4.01. The van der Waals surface area contributed by atoms with Gasteiger partial charge in [0.1, 0.15) is 15.6 Å². The highest BCUT2D eigenvalue weighted by atomic mass is 32.2. The molecule has 0 spiro atoms. The molecule has 188 valence electrons. The topological polar surface area (TPSA) is 83.1 Å². The van der Waals surface area contributed by atoms with E-state index in [0.717, 1.165) is 21.5 Å². The standard InChI is InChI=1S/C25H32N4O4S2/c1-5-29(18-19-9-7-6-8-10-19)35(31,32)22-17-20-21(34-22)11-12-26-23(20)27-13-15-28(16-14-27)24(30)33-25(2,3)4/h6-12,17H,5,13-16,18H2,1-4H3. The smallest absolute Gasteiger partial charge is 0.410 e. The van der Waals surface area contributed by atoms with Gasteiger partial charge in [0.25, 0.3) is 10.0 Å². The molecule has 4 rings (SSSR count). The van der Waals surface area contributed by atoms with Gasteiger partial charge in [-0.25, -0.2) is 18.2 Å². The Kier molecular flexibility index (Phi) is 7.35. The van der Waals surface area contributed by atoms with Crippen molar-refractivity contribution in [3.63, 3.8) is 0 Å². The second kappa shape index (κ2) is 10.1. The van der Waals surface area contributed by atoms with Crippen molar-refractivity contribution in [1.29, 1.82) is 0 Å². The zero-order valence-corrected chi connectivity index (χ0v) is 22.2. The van der Waals surface area contributed by atoms with Crippen LogP contribution in [0.2, 0.25) is 0 Å². The monoisotopic (exact) mass is 516 g/mol. The number of benzene rings is 1. The highest BCUT2D eigenvalue weighted by molar-refractivity contribution is 7.91. The Balaban J connectivity index is 1.54. The molecular weight excluding hydrogens is 484 g/mol. The van der Waals surface area contributed by atoms with Crippen molar-refractivity contribution in [2.75, 3.05) is 37.6 Å². The normalized spacial score (nSPS) is 15.1. The first-order valence-electron chi connectivity index (χ1n) is 11.7. The summed E-state index contributed by atoms with van der Waals surface area (Å²) in [6, 6.07) is 13.2. The van der Waals surface area contributed by atoms with E-state index in [1.54, 1.807) is 17.2 Å². The number of nitrogens with zero attached hydrogens (tertiary/aromatic N) is 4. The summed E-state index contributed by atoms with van der Waals surface area (Å²) in [4.78, 5) is 20.8. The maximum Gasteiger partial charge on any atom is 0.410 e. The molecule has 0 radical (unpaired) electrons. The molecule has 10 heteroatoms. The van der Waals surface area contributed by atoms with Gasteiger partial charge in [-0.1, -0.05) is 37.3 Å². The van der Waals surface area contributed by atoms with Gasteiger partial charge in [0, 0.05) is 55.6 Å². The summed E-state index contributed by atoms with van der Waals surface area (Å²) in [6.45, 7) is 10.3. The molecule has 8 nitrogen and oxygen atoms in total. The first kappa shape index (κ1) is 25.4. The Morgan fingerprint density at radius 3 is 2.43 bits per heavy atom. The molecule has 1 aromatic carbocycles. The second-order valence-corrected chi connectivity index (χ2v) is 12.7. The van der Waals surface area contributed by atoms with Crippen LogP contribution in [0, 0.1) is 0 Å². The minimum atomic E-state index is -3.66. The third-order valence-electron chi connectivity index (χ3n) is 5.78. The summed E-state index contributed by atoms with van der Waals surface area (Å²) < 4.78 is 35.2. The summed E-state index contributed by atoms with van der Waals surface area (Å²) in [5.74, 6) is 0.746. The van der Waals surface area contributed by atoms with E-state index in [4.69, 9.17) is 4.74 Å². The summed E-state index contributed by atoms with van der Waals surface area (Å²) in [6.07, 6.45) is 1.40. The number of pyridine rings is 1. The molecule has 0 N–H and O–H groups in total. The molecule has 1 fully saturated rings. The number of aromatic nitrogens is 1. The quantitative estimate of drug-likeness (QED) is 0.478. The van der Waals surface area contributed by atoms with Crippen molar-refractivity contribution in [3.8, 4) is 0 Å². The number of rotatable bonds is 6. The van der Waals surface area contributed by atoms with E-state index in [2.05, 4.69) is 9.88 Å². The van der Waals surface area contributed by atoms with Crippen molar-refractivity contribution in [2.24, 2.45) is 0 Å². The van der Waals surface area contributed by atoms with Crippen LogP contribution in [0.1, 0.15) is 33.3 Å². The molecule has 0 aliphatic carbocycles. The molecule has 1 aliphatic rings. The first-order chi connectivity index (χ1) is 16.6. The summed E-state index contributed by atoms with van der Waals surface area (Å²) >= 11 is 1.27. The van der Waals surface area contributed by atoms with Crippen LogP contribution in [0.15, 0.2) is 52.9 Å². The van der Waals surface area contributed by atoms with Crippen LogP contribution < -0.4 is 4.90 Å². The second-order valence-electron chi connectivity index (χ2n) is 9.48. The zero-order chi connectivity index (χ0) is 25.2. The highest BCUT2D eigenvalue weighted by Gasteiger charge is 2.29. The molecule has 3 aromatic rings. The molecule has 1 aliphatic heterocycles. The van der Waals surface area contributed by atoms with E-state index >= 15 is 0 Å². The van der Waals surface area contributed by atoms with Crippen molar-refractivity contribution in [1.82, 2.24) is 14.2 Å². The molecule has 35 heavy (non-hydrogen) atoms. The van der Waals surface area contributed by atoms with Gasteiger partial charge in [0.15, 0.2) is 0 Å². The highest BCUT2D eigenvalue weighted by Crippen LogP contribution is 2.36. The Morgan fingerprint density at radius 2 is 1.80 bits per heavy atom. The largest absolute Gasteiger partial charge is 0.444 e. The van der Waals surface area contributed by atoms with Crippen LogP contribution in [0.5, 0.6) is 0 Å². The molecule has 0 saturated carbocycles. The average molecular weight is 517 g/mol. The lowest BCUT2D eigenvalue weighted by molar-refractivity contribution is 0.0240. The number of hydrogen-bond donors (Lipinski definition) is 0. The number of amides is 1. The average Bonchev–Trinajstić information content (AvgIpc) is 3.28. The van der Waals surface area contributed by atoms with Crippen LogP contribution in [-0.2, 0) is 21.3 Å². The maximum absolute atomic E-state index is 13.5. The number of anilines is 1. The van der Waals surface area contributed by atoms with Gasteiger partial charge in [-0.15, -0.1) is 11.3 Å². The molecule has 2 aromatic heterocycles. The minimum absolute atomic E-state index is 0.312. The number of hydrogen-bond acceptors (Lipinski definition) is 7. The van der Waals surface area contributed by atoms with Gasteiger partial charge in [-0.05, 0) is 38.5 Å². The number of piperazine rings is 1. The van der Waals surface area contributed by atoms with Gasteiger partial charge >= 0.3 is 6.09 Å². The van der Waals surface area contributed by atoms with Crippen molar-refractivity contribution < 1.29 is 17.9 Å². The number of sulfonamides is 1. The minimum Gasteiger partial charge on any atom is -0.444 e. The molecule has 0 atom stereocenters. The van der Waals surface area contributed by atoms with Crippen molar-refractivity contribution >= 4 is 43.4 Å². The predicted molar refractivity (Wildman–Crippen MR) is 139 cm³/mol. The summed E-state index contributed by atoms with van der Waals surface area (Å²) in [7, 11) is -3.66. The number of carbonyl (C=O) groups excluding carboxylic acids is 1. The van der Waals surface area contributed by atoms with E-state index in [1.807, 2.05) is 64.1 Å². The SMILES string of the molecule is CCN(Cc1ccccc1)S(=O)(=O)c1cc2c(N3CCN(C(=O)OC(C)(C)C)CC3)nccc2s1. The molecule has 3 heterocycles. The number of fused-ring (bicyclic) bond motifs is 1. The lowest BCUT2D eigenvalue weighted by Crippen LogP contribution is -2.50. The lowest BCUT2D eigenvalue weighted by Gasteiger charge is -2.36. The van der Waals surface area contributed by atoms with E-state index in [-0.39, 0.29) is 6.09 Å². The van der Waals surface area contributed by atoms with E-state index in [1.165, 1.54) is 15.6 Å². The van der Waals surface area contributed by atoms with E-state index in [0.29, 0.717) is 43.5 Å². The predicted octanol–water partition coefficient (Wildman–Crippen LogP) is 4.56. The van der Waals surface area contributed by atoms with Gasteiger partial charge in [-0.2, -0.15) is 4.31 Å². The van der Waals surface area contributed by atoms with E-state index < -0.39 is 15.6 Å². The summed E-state index contributed by atoms with van der Waals surface area (Å²) in [5.41, 5.74) is 0.413. The maximum atomic E-state index is 13.5. The van der Waals surface area contributed by atoms with Crippen LogP contribution in [-0.4, -0.2) is 67.0 Å². The van der Waals surface area contributed by atoms with Crippen LogP contribution >= 0.6 is 11.3 Å². The molecule has 1 amide bonds. The Hall–Kier alpha value is -2.69. The number of ether oxygens (including phenoxy) is 1. The van der Waals surface area contributed by atoms with Crippen LogP contribution in [0.25, 0.3) is 10.1 Å². The third-order valence-corrected chi connectivity index (χ3v) is 9.25. The lowest BCUT2D eigenvalue weighted by atomic mass is 10.2. The van der Waals surface area contributed by atoms with Crippen LogP contribution in [0.3, 0.4) is 0 Å². The fraction of sp³-hybridized carbons (Fsp3) is 0.440. The van der Waals surface area contributed by atoms with Gasteiger partial charge in [0.2, 0.25) is 0 Å². The molecule has 0 bridgehead atoms. The van der Waals surface area contributed by atoms with Crippen molar-refractivity contribution in [2.45, 2.75) is 44.0 Å². The van der Waals surface area contributed by atoms with Gasteiger partial charge in [-0.3, -0.25) is 0 Å². The summed E-state index contributed by atoms with van der Waals surface area (Å²) in [5, 5.41) is 0.817. The van der Waals surface area contributed by atoms with Crippen LogP contribution in [0.4, 0.5) is 10.6 Å². The number of thiophene rings is 1. The van der Waals surface area contributed by atoms with Gasteiger partial charge < -0.3 is 14.5 Å².